The van der Waals surface area contributed by atoms with Crippen LogP contribution in [-0.2, 0) is 14.3 Å². The molecule has 0 atom stereocenters. The zero-order valence-corrected chi connectivity index (χ0v) is 29.4. The molecule has 5 N–H and O–H groups in total. The number of ketones is 1. The number of fused-ring (bicyclic) bond motifs is 1. The number of nitrogens with one attached hydrogen (secondary N) is 3. The van der Waals surface area contributed by atoms with E-state index in [0.717, 1.165) is 11.3 Å². The minimum Gasteiger partial charge on any atom is -0.494 e. The topological polar surface area (TPSA) is 206 Å². The van der Waals surface area contributed by atoms with Gasteiger partial charge in [-0.25, -0.2) is 9.97 Å². The summed E-state index contributed by atoms with van der Waals surface area (Å²) in [6.45, 7) is 3.42. The van der Waals surface area contributed by atoms with Crippen LogP contribution >= 0.6 is 11.3 Å². The second kappa shape index (κ2) is 18.4. The number of Topliss-reactive ketones (excluding diaryl/α,β-unsaturated/α-hetero) is 1. The second-order valence-electron chi connectivity index (χ2n) is 11.3. The first-order valence-electron chi connectivity index (χ1n) is 16.4. The number of ether oxygens (including phenoxy) is 3. The molecule has 0 aliphatic carbocycles. The Morgan fingerprint density at radius 3 is 2.52 bits per heavy atom. The van der Waals surface area contributed by atoms with Gasteiger partial charge in [0.1, 0.15) is 23.7 Å². The highest BCUT2D eigenvalue weighted by Crippen LogP contribution is 2.35. The summed E-state index contributed by atoms with van der Waals surface area (Å²) in [6.07, 6.45) is 8.00. The number of terminal acetylenes is 1. The largest absolute Gasteiger partial charge is 0.494 e. The van der Waals surface area contributed by atoms with Crippen molar-refractivity contribution in [2.45, 2.75) is 0 Å². The number of H-pyrrole nitrogens is 1. The van der Waals surface area contributed by atoms with E-state index in [1.165, 1.54) is 24.4 Å². The van der Waals surface area contributed by atoms with Gasteiger partial charge in [-0.05, 0) is 12.1 Å². The lowest BCUT2D eigenvalue weighted by molar-refractivity contribution is -0.127. The zero-order valence-electron chi connectivity index (χ0n) is 28.6. The lowest BCUT2D eigenvalue weighted by Gasteiger charge is -2.34. The molecule has 0 unspecified atom stereocenters. The van der Waals surface area contributed by atoms with E-state index < -0.39 is 17.6 Å². The molecule has 1 aliphatic rings. The molecule has 52 heavy (non-hydrogen) atoms. The van der Waals surface area contributed by atoms with Crippen LogP contribution in [0.25, 0.3) is 22.3 Å². The summed E-state index contributed by atoms with van der Waals surface area (Å²) in [5.74, 6) is 0.961. The number of aromatic amines is 1. The number of nitrogens with two attached hydrogens (primary N) is 1. The summed E-state index contributed by atoms with van der Waals surface area (Å²) in [5.41, 5.74) is 7.74. The van der Waals surface area contributed by atoms with Gasteiger partial charge in [-0.15, -0.1) is 17.8 Å². The number of aromatic nitrogens is 3. The molecule has 3 amide bonds. The predicted octanol–water partition coefficient (Wildman–Crippen LogP) is 1.16. The molecule has 0 bridgehead atoms. The third-order valence-electron chi connectivity index (χ3n) is 7.94. The lowest BCUT2D eigenvalue weighted by Crippen LogP contribution is -2.52. The van der Waals surface area contributed by atoms with E-state index in [1.807, 2.05) is 6.07 Å². The highest BCUT2D eigenvalue weighted by molar-refractivity contribution is 7.12. The van der Waals surface area contributed by atoms with Gasteiger partial charge < -0.3 is 45.4 Å². The Morgan fingerprint density at radius 2 is 1.77 bits per heavy atom. The molecule has 4 aromatic rings. The van der Waals surface area contributed by atoms with Crippen LogP contribution in [0.4, 0.5) is 0 Å². The molecular weight excluding hydrogens is 691 g/mol. The molecule has 1 saturated heterocycles. The molecule has 1 aliphatic heterocycles. The van der Waals surface area contributed by atoms with Gasteiger partial charge in [0.05, 0.1) is 56.1 Å². The van der Waals surface area contributed by atoms with Gasteiger partial charge in [-0.2, -0.15) is 0 Å². The van der Waals surface area contributed by atoms with E-state index in [9.17, 15) is 19.2 Å². The number of pyridine rings is 1. The van der Waals surface area contributed by atoms with Crippen LogP contribution in [-0.4, -0.2) is 134 Å². The molecule has 0 saturated carbocycles. The smallest absolute Gasteiger partial charge is 0.295 e. The van der Waals surface area contributed by atoms with Crippen molar-refractivity contribution < 1.29 is 33.4 Å². The van der Waals surface area contributed by atoms with Gasteiger partial charge in [-0.1, -0.05) is 24.1 Å². The zero-order chi connectivity index (χ0) is 36.9. The van der Waals surface area contributed by atoms with Crippen molar-refractivity contribution in [2.24, 2.45) is 10.7 Å². The average molecular weight is 730 g/mol. The van der Waals surface area contributed by atoms with Gasteiger partial charge in [-0.3, -0.25) is 24.2 Å². The van der Waals surface area contributed by atoms with Crippen molar-refractivity contribution in [1.82, 2.24) is 35.4 Å². The Morgan fingerprint density at radius 1 is 1.04 bits per heavy atom. The highest BCUT2D eigenvalue weighted by Gasteiger charge is 2.31. The maximum atomic E-state index is 13.6. The minimum atomic E-state index is -0.724. The third kappa shape index (κ3) is 9.28. The molecule has 0 spiro atoms. The Balaban J connectivity index is 1.16. The fourth-order valence-electron chi connectivity index (χ4n) is 5.35. The molecule has 1 fully saturated rings. The summed E-state index contributed by atoms with van der Waals surface area (Å²) in [4.78, 5) is 71.9. The average Bonchev–Trinajstić information content (AvgIpc) is 3.86. The SMILES string of the molecule is C#CCOCCOCCN=C(N)NCCNC(=O)c1nc(-c2ncc(OC)c3c(C(=O)C(=O)N4CCN(C(=O)c5ccccc5)CC4)c[nH]c23)cs1. The fraction of sp³-hybridized carbons (Fsp3) is 0.343. The van der Waals surface area contributed by atoms with Crippen LogP contribution in [0, 0.1) is 12.3 Å². The van der Waals surface area contributed by atoms with E-state index in [1.54, 1.807) is 34.5 Å². The number of hydrogen-bond donors (Lipinski definition) is 4. The van der Waals surface area contributed by atoms with Crippen LogP contribution in [0.15, 0.2) is 53.1 Å². The Kier molecular flexibility index (Phi) is 13.3. The maximum Gasteiger partial charge on any atom is 0.295 e. The number of methoxy groups -OCH3 is 1. The summed E-state index contributed by atoms with van der Waals surface area (Å²) in [6, 6.07) is 8.92. The fourth-order valence-corrected chi connectivity index (χ4v) is 6.07. The lowest BCUT2D eigenvalue weighted by atomic mass is 10.1. The van der Waals surface area contributed by atoms with Gasteiger partial charge in [0, 0.05) is 56.4 Å². The number of rotatable bonds is 16. The van der Waals surface area contributed by atoms with E-state index in [2.05, 4.69) is 36.5 Å². The van der Waals surface area contributed by atoms with Crippen molar-refractivity contribution in [1.29, 1.82) is 0 Å². The number of carbonyl (C=O) groups is 4. The molecule has 272 valence electrons. The van der Waals surface area contributed by atoms with Crippen LogP contribution < -0.4 is 21.1 Å². The highest BCUT2D eigenvalue weighted by atomic mass is 32.1. The van der Waals surface area contributed by atoms with Crippen molar-refractivity contribution in [3.8, 4) is 29.5 Å². The van der Waals surface area contributed by atoms with E-state index >= 15 is 0 Å². The van der Waals surface area contributed by atoms with Gasteiger partial charge in [0.25, 0.3) is 23.5 Å². The number of aliphatic imine (C=N–C) groups is 1. The van der Waals surface area contributed by atoms with Crippen molar-refractivity contribution in [3.05, 3.63) is 64.2 Å². The minimum absolute atomic E-state index is 0.116. The number of guanidine groups is 1. The van der Waals surface area contributed by atoms with Crippen LogP contribution in [0.5, 0.6) is 5.75 Å². The van der Waals surface area contributed by atoms with Crippen LogP contribution in [0.3, 0.4) is 0 Å². The van der Waals surface area contributed by atoms with Crippen LogP contribution in [0.1, 0.15) is 30.5 Å². The van der Waals surface area contributed by atoms with Crippen molar-refractivity contribution >= 4 is 51.7 Å². The quantitative estimate of drug-likeness (QED) is 0.0322. The Bertz CT molecular complexity index is 1950. The Hall–Kier alpha value is -5.83. The number of hydrogen-bond acceptors (Lipinski definition) is 11. The first-order chi connectivity index (χ1) is 25.3. The number of carbonyl (C=O) groups excluding carboxylic acids is 4. The number of piperazine rings is 1. The number of nitrogens with zero attached hydrogens (tertiary/aromatic N) is 5. The van der Waals surface area contributed by atoms with E-state index in [-0.39, 0.29) is 54.4 Å². The monoisotopic (exact) mass is 729 g/mol. The predicted molar refractivity (Wildman–Crippen MR) is 194 cm³/mol. The molecule has 3 aromatic heterocycles. The Labute approximate surface area is 303 Å². The van der Waals surface area contributed by atoms with Crippen LogP contribution in [0.2, 0.25) is 0 Å². The van der Waals surface area contributed by atoms with Crippen molar-refractivity contribution in [3.63, 3.8) is 0 Å². The van der Waals surface area contributed by atoms with Crippen molar-refractivity contribution in [2.75, 3.05) is 79.4 Å². The van der Waals surface area contributed by atoms with E-state index in [0.29, 0.717) is 73.9 Å². The van der Waals surface area contributed by atoms with Gasteiger partial charge >= 0.3 is 0 Å². The normalized spacial score (nSPS) is 13.1. The first-order valence-corrected chi connectivity index (χ1v) is 17.3. The summed E-state index contributed by atoms with van der Waals surface area (Å²) in [5, 5.41) is 7.95. The molecule has 17 heteroatoms. The second-order valence-corrected chi connectivity index (χ2v) is 12.1. The number of thiazole rings is 1. The molecular formula is C35H39N9O7S. The van der Waals surface area contributed by atoms with E-state index in [4.69, 9.17) is 26.4 Å². The molecule has 0 radical (unpaired) electrons. The first kappa shape index (κ1) is 37.4. The van der Waals surface area contributed by atoms with Gasteiger partial charge in [0.2, 0.25) is 0 Å². The summed E-state index contributed by atoms with van der Waals surface area (Å²) >= 11 is 1.13. The van der Waals surface area contributed by atoms with Gasteiger partial charge in [0.15, 0.2) is 11.0 Å². The number of benzene rings is 1. The molecule has 16 nitrogen and oxygen atoms in total. The summed E-state index contributed by atoms with van der Waals surface area (Å²) in [7, 11) is 1.44. The summed E-state index contributed by atoms with van der Waals surface area (Å²) < 4.78 is 16.0. The number of amides is 3. The third-order valence-corrected chi connectivity index (χ3v) is 8.78. The molecule has 4 heterocycles. The standard InChI is InChI=1S/C35H39N9O7S/c1-3-16-50-18-19-51-17-11-39-35(36)38-10-9-37-31(46)32-42-25(22-52-32)28-29-27(26(49-2)21-41-28)24(20-40-29)30(45)34(48)44-14-12-43(13-15-44)33(47)23-7-5-4-6-8-23/h1,4-8,20-22,40H,9-19H2,2H3,(H,37,46)(H3,36,38,39). The maximum absolute atomic E-state index is 13.6. The molecule has 1 aromatic carbocycles. The molecule has 5 rings (SSSR count).